The van der Waals surface area contributed by atoms with Gasteiger partial charge in [-0.05, 0) is 13.0 Å². The van der Waals surface area contributed by atoms with Gasteiger partial charge in [0.25, 0.3) is 0 Å². The fourth-order valence-electron chi connectivity index (χ4n) is 0.201. The van der Waals surface area contributed by atoms with Crippen molar-refractivity contribution in [2.24, 2.45) is 5.73 Å². The van der Waals surface area contributed by atoms with Gasteiger partial charge >= 0.3 is 28.9 Å². The molecule has 0 aromatic carbocycles. The summed E-state index contributed by atoms with van der Waals surface area (Å²) in [5.41, 5.74) is 5.06. The van der Waals surface area contributed by atoms with Crippen LogP contribution < -0.4 is 5.73 Å². The molecule has 0 fully saturated rings. The molecule has 0 aliphatic rings. The van der Waals surface area contributed by atoms with Gasteiger partial charge in [0.2, 0.25) is 0 Å². The number of aldehydes is 1. The third kappa shape index (κ3) is 31.3. The molecule has 0 atom stereocenters. The summed E-state index contributed by atoms with van der Waals surface area (Å²) in [6.45, 7) is 0.624. The predicted molar refractivity (Wildman–Crippen MR) is 25.7 cm³/mol. The van der Waals surface area contributed by atoms with E-state index >= 15 is 0 Å². The SMILES string of the molecule is NCCCC=O.[O]=[Zr]=[O]. The van der Waals surface area contributed by atoms with Gasteiger partial charge in [-0.15, -0.1) is 0 Å². The Labute approximate surface area is 65.3 Å². The molecule has 0 aromatic heterocycles. The summed E-state index contributed by atoms with van der Waals surface area (Å²) in [5.74, 6) is 0. The van der Waals surface area contributed by atoms with E-state index in [9.17, 15) is 4.79 Å². The minimum absolute atomic E-state index is 0.608. The van der Waals surface area contributed by atoms with E-state index in [4.69, 9.17) is 11.4 Å². The van der Waals surface area contributed by atoms with Crippen molar-refractivity contribution < 1.29 is 33.7 Å². The third-order valence-electron chi connectivity index (χ3n) is 0.526. The van der Waals surface area contributed by atoms with Crippen LogP contribution in [-0.4, -0.2) is 12.8 Å². The molecule has 9 heavy (non-hydrogen) atoms. The van der Waals surface area contributed by atoms with E-state index < -0.39 is 23.2 Å². The molecule has 5 heteroatoms. The Hall–Kier alpha value is 0.113. The normalized spacial score (nSPS) is 6.33. The summed E-state index contributed by atoms with van der Waals surface area (Å²) in [6, 6.07) is 0. The first kappa shape index (κ1) is 11.9. The van der Waals surface area contributed by atoms with Gasteiger partial charge in [-0.25, -0.2) is 0 Å². The number of nitrogens with two attached hydrogens (primary N) is 1. The number of hydrogen-bond acceptors (Lipinski definition) is 4. The third-order valence-corrected chi connectivity index (χ3v) is 0.526. The molecular formula is C4H9NO3Zr. The Morgan fingerprint density at radius 2 is 1.89 bits per heavy atom. The van der Waals surface area contributed by atoms with Crippen molar-refractivity contribution in [3.8, 4) is 0 Å². The average molecular weight is 210 g/mol. The molecule has 0 spiro atoms. The number of hydrogen-bond donors (Lipinski definition) is 1. The molecule has 0 aliphatic heterocycles. The zero-order valence-corrected chi connectivity index (χ0v) is 7.46. The van der Waals surface area contributed by atoms with Gasteiger partial charge in [-0.1, -0.05) is 0 Å². The van der Waals surface area contributed by atoms with Crippen molar-refractivity contribution in [1.82, 2.24) is 0 Å². The summed E-state index contributed by atoms with van der Waals surface area (Å²) in [4.78, 5) is 9.51. The van der Waals surface area contributed by atoms with Gasteiger partial charge in [0.1, 0.15) is 6.29 Å². The monoisotopic (exact) mass is 209 g/mol. The fraction of sp³-hybridized carbons (Fsp3) is 0.750. The van der Waals surface area contributed by atoms with Crippen LogP contribution in [0.5, 0.6) is 0 Å². The Morgan fingerprint density at radius 3 is 2.00 bits per heavy atom. The summed E-state index contributed by atoms with van der Waals surface area (Å²) in [6.07, 6.45) is 2.31. The van der Waals surface area contributed by atoms with Crippen molar-refractivity contribution in [1.29, 1.82) is 0 Å². The molecule has 2 N–H and O–H groups in total. The number of rotatable bonds is 3. The molecule has 0 aliphatic carbocycles. The summed E-state index contributed by atoms with van der Waals surface area (Å²) in [5, 5.41) is 0. The van der Waals surface area contributed by atoms with E-state index in [2.05, 4.69) is 0 Å². The Kier molecular flexibility index (Phi) is 20.7. The first-order chi connectivity index (χ1) is 4.33. The maximum absolute atomic E-state index is 9.51. The van der Waals surface area contributed by atoms with Crippen LogP contribution in [0, 0.1) is 0 Å². The zero-order chi connectivity index (χ0) is 7.54. The van der Waals surface area contributed by atoms with E-state index in [1.807, 2.05) is 0 Å². The van der Waals surface area contributed by atoms with Gasteiger partial charge in [0.15, 0.2) is 0 Å². The van der Waals surface area contributed by atoms with Crippen LogP contribution >= 0.6 is 0 Å². The van der Waals surface area contributed by atoms with E-state index in [1.165, 1.54) is 0 Å². The molecule has 0 saturated carbocycles. The van der Waals surface area contributed by atoms with Gasteiger partial charge in [0, 0.05) is 6.42 Å². The summed E-state index contributed by atoms with van der Waals surface area (Å²) >= 11 is -2.27. The average Bonchev–Trinajstić information content (AvgIpc) is 1.86. The van der Waals surface area contributed by atoms with Gasteiger partial charge in [-0.2, -0.15) is 0 Å². The van der Waals surface area contributed by atoms with Crippen LogP contribution in [0.1, 0.15) is 12.8 Å². The molecule has 0 radical (unpaired) electrons. The summed E-state index contributed by atoms with van der Waals surface area (Å²) in [7, 11) is 0. The molecule has 0 amide bonds. The molecule has 0 aromatic rings. The van der Waals surface area contributed by atoms with Gasteiger partial charge in [0.05, 0.1) is 0 Å². The molecule has 52 valence electrons. The minimum atomic E-state index is -2.27. The van der Waals surface area contributed by atoms with Gasteiger partial charge in [-0.3, -0.25) is 0 Å². The predicted octanol–water partition coefficient (Wildman–Crippen LogP) is -0.316. The Bertz CT molecular complexity index is 89.8. The first-order valence-corrected chi connectivity index (χ1v) is 4.47. The first-order valence-electron chi connectivity index (χ1n) is 2.46. The Morgan fingerprint density at radius 1 is 1.44 bits per heavy atom. The van der Waals surface area contributed by atoms with E-state index in [0.29, 0.717) is 13.0 Å². The van der Waals surface area contributed by atoms with Crippen LogP contribution in [0.3, 0.4) is 0 Å². The second-order valence-electron chi connectivity index (χ2n) is 1.18. The Balaban J connectivity index is 0. The van der Waals surface area contributed by atoms with Crippen LogP contribution in [0.15, 0.2) is 0 Å². The second kappa shape index (κ2) is 15.7. The van der Waals surface area contributed by atoms with Crippen molar-refractivity contribution in [2.45, 2.75) is 12.8 Å². The van der Waals surface area contributed by atoms with Crippen molar-refractivity contribution in [3.63, 3.8) is 0 Å². The molecule has 0 bridgehead atoms. The van der Waals surface area contributed by atoms with E-state index in [0.717, 1.165) is 12.7 Å². The number of carbonyl (C=O) groups is 1. The number of carbonyl (C=O) groups excluding carboxylic acids is 1. The molecule has 0 unspecified atom stereocenters. The van der Waals surface area contributed by atoms with Crippen molar-refractivity contribution in [2.75, 3.05) is 6.54 Å². The second-order valence-corrected chi connectivity index (χ2v) is 1.59. The summed E-state index contributed by atoms with van der Waals surface area (Å²) < 4.78 is 17.1. The fourth-order valence-corrected chi connectivity index (χ4v) is 0.201. The van der Waals surface area contributed by atoms with Crippen molar-refractivity contribution in [3.05, 3.63) is 0 Å². The quantitative estimate of drug-likeness (QED) is 0.512. The molecule has 0 rings (SSSR count). The molecule has 4 nitrogen and oxygen atoms in total. The topological polar surface area (TPSA) is 77.2 Å². The van der Waals surface area contributed by atoms with Crippen LogP contribution in [-0.2, 0) is 33.7 Å². The van der Waals surface area contributed by atoms with E-state index in [1.54, 1.807) is 0 Å². The zero-order valence-electron chi connectivity index (χ0n) is 5.00. The maximum atomic E-state index is 9.51. The molecular weight excluding hydrogens is 201 g/mol. The van der Waals surface area contributed by atoms with Crippen LogP contribution in [0.2, 0.25) is 0 Å². The van der Waals surface area contributed by atoms with Crippen LogP contribution in [0.4, 0.5) is 0 Å². The molecule has 0 heterocycles. The number of unbranched alkanes of at least 4 members (excludes halogenated alkanes) is 1. The van der Waals surface area contributed by atoms with Crippen LogP contribution in [0.25, 0.3) is 0 Å². The van der Waals surface area contributed by atoms with Gasteiger partial charge < -0.3 is 10.5 Å². The molecule has 0 saturated heterocycles. The standard InChI is InChI=1S/C4H9NO.2O.Zr/c5-3-1-2-4-6;;;/h4H,1-3,5H2;;;. The van der Waals surface area contributed by atoms with Crippen molar-refractivity contribution >= 4 is 6.29 Å². The van der Waals surface area contributed by atoms with E-state index in [-0.39, 0.29) is 0 Å².